The molecule has 0 fully saturated rings. The summed E-state index contributed by atoms with van der Waals surface area (Å²) in [6, 6.07) is 5.99. The summed E-state index contributed by atoms with van der Waals surface area (Å²) in [5.41, 5.74) is 2.00. The number of hydrogen-bond donors (Lipinski definition) is 1. The van der Waals surface area contributed by atoms with Crippen LogP contribution >= 0.6 is 15.9 Å². The van der Waals surface area contributed by atoms with Crippen LogP contribution in [0.3, 0.4) is 0 Å². The van der Waals surface area contributed by atoms with Crippen molar-refractivity contribution < 1.29 is 14.6 Å². The maximum absolute atomic E-state index is 9.21. The summed E-state index contributed by atoms with van der Waals surface area (Å²) in [4.78, 5) is 2.23. The Balaban J connectivity index is 2.71. The van der Waals surface area contributed by atoms with Crippen molar-refractivity contribution in [1.82, 2.24) is 0 Å². The predicted molar refractivity (Wildman–Crippen MR) is 85.3 cm³/mol. The van der Waals surface area contributed by atoms with Gasteiger partial charge in [0.05, 0.1) is 19.8 Å². The second-order valence-electron chi connectivity index (χ2n) is 4.31. The van der Waals surface area contributed by atoms with Gasteiger partial charge in [0.1, 0.15) is 0 Å². The van der Waals surface area contributed by atoms with Crippen LogP contribution in [0, 0.1) is 0 Å². The number of aliphatic hydroxyl groups excluding tert-OH is 1. The molecule has 5 heteroatoms. The Kier molecular flexibility index (Phi) is 8.85. The van der Waals surface area contributed by atoms with Gasteiger partial charge in [0.25, 0.3) is 0 Å². The molecule has 0 bridgehead atoms. The fraction of sp³-hybridized carbons (Fsp3) is 0.600. The van der Waals surface area contributed by atoms with E-state index in [0.29, 0.717) is 13.2 Å². The monoisotopic (exact) mass is 345 g/mol. The zero-order valence-electron chi connectivity index (χ0n) is 12.3. The molecule has 0 amide bonds. The number of benzene rings is 1. The Labute approximate surface area is 129 Å². The molecule has 0 saturated carbocycles. The highest BCUT2D eigenvalue weighted by atomic mass is 79.9. The third kappa shape index (κ3) is 5.79. The van der Waals surface area contributed by atoms with Crippen molar-refractivity contribution in [2.45, 2.75) is 20.5 Å². The first-order valence-electron chi connectivity index (χ1n) is 7.02. The molecule has 0 atom stereocenters. The van der Waals surface area contributed by atoms with Gasteiger partial charge < -0.3 is 19.5 Å². The zero-order chi connectivity index (χ0) is 14.8. The molecule has 0 heterocycles. The largest absolute Gasteiger partial charge is 0.392 e. The Morgan fingerprint density at radius 1 is 1.10 bits per heavy atom. The molecule has 1 aromatic carbocycles. The lowest BCUT2D eigenvalue weighted by Crippen LogP contribution is -2.31. The molecule has 1 rings (SSSR count). The first-order valence-corrected chi connectivity index (χ1v) is 7.81. The van der Waals surface area contributed by atoms with Crippen LogP contribution in [0.4, 0.5) is 5.69 Å². The molecule has 1 N–H and O–H groups in total. The summed E-state index contributed by atoms with van der Waals surface area (Å²) in [7, 11) is 0. The van der Waals surface area contributed by atoms with Gasteiger partial charge in [0.15, 0.2) is 0 Å². The summed E-state index contributed by atoms with van der Waals surface area (Å²) < 4.78 is 11.8. The number of nitrogens with zero attached hydrogens (tertiary/aromatic N) is 1. The molecule has 0 aliphatic heterocycles. The van der Waals surface area contributed by atoms with Crippen LogP contribution in [0.15, 0.2) is 22.7 Å². The second kappa shape index (κ2) is 10.2. The maximum atomic E-state index is 9.21. The van der Waals surface area contributed by atoms with Crippen molar-refractivity contribution in [3.05, 3.63) is 28.2 Å². The van der Waals surface area contributed by atoms with Crippen molar-refractivity contribution in [3.8, 4) is 0 Å². The average Bonchev–Trinajstić information content (AvgIpc) is 2.46. The lowest BCUT2D eigenvalue weighted by Gasteiger charge is -2.25. The highest BCUT2D eigenvalue weighted by Gasteiger charge is 2.08. The van der Waals surface area contributed by atoms with E-state index >= 15 is 0 Å². The molecule has 0 radical (unpaired) electrons. The summed E-state index contributed by atoms with van der Waals surface area (Å²) in [5.74, 6) is 0. The van der Waals surface area contributed by atoms with Gasteiger partial charge in [-0.25, -0.2) is 0 Å². The molecule has 4 nitrogen and oxygen atoms in total. The molecule has 0 unspecified atom stereocenters. The highest BCUT2D eigenvalue weighted by molar-refractivity contribution is 9.10. The number of aliphatic hydroxyl groups is 1. The zero-order valence-corrected chi connectivity index (χ0v) is 13.9. The Morgan fingerprint density at radius 3 is 2.15 bits per heavy atom. The van der Waals surface area contributed by atoms with Gasteiger partial charge in [-0.1, -0.05) is 22.0 Å². The number of hydrogen-bond acceptors (Lipinski definition) is 4. The van der Waals surface area contributed by atoms with Crippen LogP contribution in [0.5, 0.6) is 0 Å². The van der Waals surface area contributed by atoms with Crippen LogP contribution in [0.2, 0.25) is 0 Å². The lowest BCUT2D eigenvalue weighted by molar-refractivity contribution is 0.141. The van der Waals surface area contributed by atoms with Crippen LogP contribution in [-0.4, -0.2) is 44.6 Å². The lowest BCUT2D eigenvalue weighted by atomic mass is 10.2. The van der Waals surface area contributed by atoms with E-state index in [1.165, 1.54) is 0 Å². The summed E-state index contributed by atoms with van der Waals surface area (Å²) >= 11 is 3.49. The fourth-order valence-corrected chi connectivity index (χ4v) is 2.36. The molecule has 0 saturated heterocycles. The normalized spacial score (nSPS) is 10.8. The molecule has 0 aliphatic rings. The molecular formula is C15H24BrNO3. The predicted octanol–water partition coefficient (Wildman–Crippen LogP) is 2.82. The third-order valence-corrected chi connectivity index (χ3v) is 3.73. The van der Waals surface area contributed by atoms with Gasteiger partial charge in [-0.05, 0) is 31.5 Å². The number of anilines is 1. The first-order chi connectivity index (χ1) is 9.72. The summed E-state index contributed by atoms with van der Waals surface area (Å²) in [6.45, 7) is 8.54. The molecule has 1 aromatic rings. The Bertz CT molecular complexity index is 377. The third-order valence-electron chi connectivity index (χ3n) is 2.99. The van der Waals surface area contributed by atoms with E-state index in [9.17, 15) is 5.11 Å². The molecule has 20 heavy (non-hydrogen) atoms. The van der Waals surface area contributed by atoms with Crippen molar-refractivity contribution in [2.24, 2.45) is 0 Å². The molecule has 114 valence electrons. The number of ether oxygens (including phenoxy) is 2. The Morgan fingerprint density at radius 2 is 1.70 bits per heavy atom. The van der Waals surface area contributed by atoms with Crippen LogP contribution in [-0.2, 0) is 16.1 Å². The molecular weight excluding hydrogens is 322 g/mol. The van der Waals surface area contributed by atoms with E-state index in [-0.39, 0.29) is 6.61 Å². The van der Waals surface area contributed by atoms with Crippen LogP contribution < -0.4 is 4.90 Å². The second-order valence-corrected chi connectivity index (χ2v) is 5.17. The van der Waals surface area contributed by atoms with Gasteiger partial charge in [-0.2, -0.15) is 0 Å². The van der Waals surface area contributed by atoms with Gasteiger partial charge >= 0.3 is 0 Å². The topological polar surface area (TPSA) is 41.9 Å². The van der Waals surface area contributed by atoms with E-state index in [2.05, 4.69) is 20.8 Å². The van der Waals surface area contributed by atoms with Crippen LogP contribution in [0.25, 0.3) is 0 Å². The van der Waals surface area contributed by atoms with Crippen molar-refractivity contribution in [2.75, 3.05) is 44.4 Å². The van der Waals surface area contributed by atoms with Gasteiger partial charge in [0.2, 0.25) is 0 Å². The molecule has 0 spiro atoms. The summed E-state index contributed by atoms with van der Waals surface area (Å²) in [5, 5.41) is 9.21. The quantitative estimate of drug-likeness (QED) is 0.662. The molecule has 0 aliphatic carbocycles. The highest BCUT2D eigenvalue weighted by Crippen LogP contribution is 2.24. The number of rotatable bonds is 10. The molecule has 0 aromatic heterocycles. The minimum absolute atomic E-state index is 0.0404. The van der Waals surface area contributed by atoms with Crippen LogP contribution in [0.1, 0.15) is 19.4 Å². The number of halogens is 1. The van der Waals surface area contributed by atoms with E-state index < -0.39 is 0 Å². The van der Waals surface area contributed by atoms with Crippen molar-refractivity contribution in [3.63, 3.8) is 0 Å². The van der Waals surface area contributed by atoms with Gasteiger partial charge in [0, 0.05) is 36.5 Å². The minimum atomic E-state index is 0.0404. The van der Waals surface area contributed by atoms with Crippen molar-refractivity contribution in [1.29, 1.82) is 0 Å². The smallest absolute Gasteiger partial charge is 0.0692 e. The fourth-order valence-electron chi connectivity index (χ4n) is 1.87. The summed E-state index contributed by atoms with van der Waals surface area (Å²) in [6.07, 6.45) is 0. The average molecular weight is 346 g/mol. The van der Waals surface area contributed by atoms with Crippen molar-refractivity contribution >= 4 is 21.6 Å². The van der Waals surface area contributed by atoms with E-state index in [1.807, 2.05) is 32.0 Å². The first kappa shape index (κ1) is 17.4. The van der Waals surface area contributed by atoms with E-state index in [1.54, 1.807) is 0 Å². The maximum Gasteiger partial charge on any atom is 0.0692 e. The van der Waals surface area contributed by atoms with Gasteiger partial charge in [-0.3, -0.25) is 0 Å². The SMILES string of the molecule is CCOCCN(CCOCC)c1ccc(CO)c(Br)c1. The Hall–Kier alpha value is -0.620. The minimum Gasteiger partial charge on any atom is -0.392 e. The standard InChI is InChI=1S/C15H24BrNO3/c1-3-19-9-7-17(8-10-20-4-2)14-6-5-13(12-18)15(16)11-14/h5-6,11,18H,3-4,7-10,12H2,1-2H3. The van der Waals surface area contributed by atoms with E-state index in [0.717, 1.165) is 42.0 Å². The van der Waals surface area contributed by atoms with Gasteiger partial charge in [-0.15, -0.1) is 0 Å². The van der Waals surface area contributed by atoms with E-state index in [4.69, 9.17) is 9.47 Å².